The largest absolute Gasteiger partial charge is 0.364 e. The summed E-state index contributed by atoms with van der Waals surface area (Å²) >= 11 is 0. The minimum atomic E-state index is -0.0477. The lowest BCUT2D eigenvalue weighted by atomic mass is 9.76. The van der Waals surface area contributed by atoms with Gasteiger partial charge in [0.15, 0.2) is 0 Å². The van der Waals surface area contributed by atoms with E-state index in [9.17, 15) is 4.79 Å². The Morgan fingerprint density at radius 3 is 2.79 bits per heavy atom. The second kappa shape index (κ2) is 6.79. The van der Waals surface area contributed by atoms with Crippen LogP contribution >= 0.6 is 0 Å². The first-order chi connectivity index (χ1) is 13.7. The summed E-state index contributed by atoms with van der Waals surface area (Å²) in [5.74, 6) is 0.385. The number of rotatable bonds is 2. The summed E-state index contributed by atoms with van der Waals surface area (Å²) in [5.41, 5.74) is 6.43. The molecule has 0 radical (unpaired) electrons. The number of hydrogen-bond donors (Lipinski definition) is 1. The fraction of sp³-hybridized carbons (Fsp3) is 0.192. The van der Waals surface area contributed by atoms with Crippen molar-refractivity contribution in [3.05, 3.63) is 94.2 Å². The van der Waals surface area contributed by atoms with E-state index in [0.29, 0.717) is 0 Å². The minimum absolute atomic E-state index is 0.0477. The normalized spacial score (nSPS) is 21.7. The predicted octanol–water partition coefficient (Wildman–Crippen LogP) is 3.72. The summed E-state index contributed by atoms with van der Waals surface area (Å²) in [4.78, 5) is 12.4. The van der Waals surface area contributed by atoms with E-state index < -0.39 is 0 Å². The number of benzene rings is 2. The molecule has 1 aliphatic heterocycles. The van der Waals surface area contributed by atoms with Crippen LogP contribution in [0.3, 0.4) is 0 Å². The second-order valence-electron chi connectivity index (χ2n) is 7.78. The molecular formula is C26H23NO. The predicted molar refractivity (Wildman–Crippen MR) is 115 cm³/mol. The summed E-state index contributed by atoms with van der Waals surface area (Å²) < 4.78 is 0. The van der Waals surface area contributed by atoms with E-state index in [4.69, 9.17) is 0 Å². The van der Waals surface area contributed by atoms with Crippen LogP contribution < -0.4 is 15.8 Å². The Labute approximate surface area is 165 Å². The molecule has 2 aromatic carbocycles. The molecule has 0 saturated heterocycles. The summed E-state index contributed by atoms with van der Waals surface area (Å²) in [7, 11) is 0. The molecule has 138 valence electrons. The number of allylic oxidation sites excluding steroid dienone is 5. The Morgan fingerprint density at radius 2 is 1.89 bits per heavy atom. The van der Waals surface area contributed by atoms with Crippen molar-refractivity contribution in [1.82, 2.24) is 5.32 Å². The van der Waals surface area contributed by atoms with Gasteiger partial charge in [-0.25, -0.2) is 0 Å². The number of nitrogens with one attached hydrogen (secondary N) is 1. The van der Waals surface area contributed by atoms with E-state index in [1.807, 2.05) is 18.4 Å². The zero-order valence-electron chi connectivity index (χ0n) is 16.0. The number of Topliss-reactive ketones (excluding diaryl/α,β-unsaturated/α-hetero) is 1. The molecule has 2 aliphatic carbocycles. The molecule has 0 aromatic heterocycles. The third-order valence-corrected chi connectivity index (χ3v) is 6.13. The van der Waals surface area contributed by atoms with Crippen molar-refractivity contribution in [2.24, 2.45) is 5.92 Å². The van der Waals surface area contributed by atoms with Crippen LogP contribution in [0.25, 0.3) is 23.3 Å². The van der Waals surface area contributed by atoms with Crippen LogP contribution in [0.1, 0.15) is 30.4 Å². The third kappa shape index (κ3) is 2.77. The van der Waals surface area contributed by atoms with Gasteiger partial charge in [-0.05, 0) is 64.6 Å². The van der Waals surface area contributed by atoms with Crippen molar-refractivity contribution < 1.29 is 4.79 Å². The van der Waals surface area contributed by atoms with Gasteiger partial charge >= 0.3 is 0 Å². The average molecular weight is 365 g/mol. The molecule has 0 bridgehead atoms. The number of fused-ring (bicyclic) bond motifs is 5. The molecule has 0 spiro atoms. The van der Waals surface area contributed by atoms with Crippen LogP contribution in [-0.2, 0) is 11.2 Å². The Bertz CT molecular complexity index is 1180. The quantitative estimate of drug-likeness (QED) is 0.879. The minimum Gasteiger partial charge on any atom is -0.364 e. The average Bonchev–Trinajstić information content (AvgIpc) is 3.01. The molecule has 1 heterocycles. The number of carbonyl (C=O) groups is 1. The first-order valence-electron chi connectivity index (χ1n) is 9.96. The van der Waals surface area contributed by atoms with Crippen molar-refractivity contribution in [1.29, 1.82) is 0 Å². The molecule has 0 fully saturated rings. The number of ketones is 1. The van der Waals surface area contributed by atoms with Gasteiger partial charge < -0.3 is 5.32 Å². The van der Waals surface area contributed by atoms with Gasteiger partial charge in [-0.15, -0.1) is 0 Å². The van der Waals surface area contributed by atoms with Crippen LogP contribution in [0.5, 0.6) is 0 Å². The van der Waals surface area contributed by atoms with Crippen LogP contribution in [0.15, 0.2) is 72.6 Å². The van der Waals surface area contributed by atoms with Gasteiger partial charge in [0.2, 0.25) is 0 Å². The van der Waals surface area contributed by atoms with Crippen LogP contribution in [0.4, 0.5) is 0 Å². The van der Waals surface area contributed by atoms with Gasteiger partial charge in [-0.1, -0.05) is 60.7 Å². The van der Waals surface area contributed by atoms with Gasteiger partial charge in [0.05, 0.1) is 0 Å². The summed E-state index contributed by atoms with van der Waals surface area (Å²) in [6.07, 6.45) is 16.5. The SMILES string of the molecule is CC(=O)C1C=c2c(ccc3c2=CCc2ccccc2-3)C(C2=CC=CC=CN2)C1. The number of carbonyl (C=O) groups excluding carboxylic acids is 1. The van der Waals surface area contributed by atoms with Crippen LogP contribution in [0.2, 0.25) is 0 Å². The van der Waals surface area contributed by atoms with Crippen molar-refractivity contribution >= 4 is 17.9 Å². The zero-order valence-corrected chi connectivity index (χ0v) is 16.0. The molecule has 0 amide bonds. The molecular weight excluding hydrogens is 342 g/mol. The van der Waals surface area contributed by atoms with E-state index in [2.05, 4.69) is 66.0 Å². The first kappa shape index (κ1) is 17.0. The van der Waals surface area contributed by atoms with Crippen molar-refractivity contribution in [2.75, 3.05) is 0 Å². The van der Waals surface area contributed by atoms with Gasteiger partial charge in [-0.3, -0.25) is 4.79 Å². The molecule has 2 atom stereocenters. The second-order valence-corrected chi connectivity index (χ2v) is 7.78. The topological polar surface area (TPSA) is 29.1 Å². The van der Waals surface area contributed by atoms with Gasteiger partial charge in [0.25, 0.3) is 0 Å². The van der Waals surface area contributed by atoms with Gasteiger partial charge in [-0.2, -0.15) is 0 Å². The molecule has 1 N–H and O–H groups in total. The Kier molecular flexibility index (Phi) is 4.12. The first-order valence-corrected chi connectivity index (χ1v) is 9.96. The maximum atomic E-state index is 12.4. The lowest BCUT2D eigenvalue weighted by Crippen LogP contribution is -2.39. The summed E-state index contributed by atoms with van der Waals surface area (Å²) in [6.45, 7) is 1.71. The lowest BCUT2D eigenvalue weighted by Gasteiger charge is -2.29. The molecule has 5 rings (SSSR count). The van der Waals surface area contributed by atoms with Crippen molar-refractivity contribution in [2.45, 2.75) is 25.7 Å². The van der Waals surface area contributed by atoms with Crippen molar-refractivity contribution in [3.63, 3.8) is 0 Å². The Hall–Kier alpha value is -3.13. The Morgan fingerprint density at radius 1 is 1.00 bits per heavy atom. The monoisotopic (exact) mass is 365 g/mol. The molecule has 2 unspecified atom stereocenters. The van der Waals surface area contributed by atoms with Crippen LogP contribution in [0, 0.1) is 5.92 Å². The molecule has 2 nitrogen and oxygen atoms in total. The van der Waals surface area contributed by atoms with E-state index >= 15 is 0 Å². The molecule has 0 saturated carbocycles. The van der Waals surface area contributed by atoms with Crippen molar-refractivity contribution in [3.8, 4) is 11.1 Å². The highest BCUT2D eigenvalue weighted by molar-refractivity contribution is 5.85. The fourth-order valence-electron chi connectivity index (χ4n) is 4.69. The number of hydrogen-bond acceptors (Lipinski definition) is 2. The van der Waals surface area contributed by atoms with Gasteiger partial charge in [0.1, 0.15) is 5.78 Å². The summed E-state index contributed by atoms with van der Waals surface area (Å²) in [6, 6.07) is 13.2. The van der Waals surface area contributed by atoms with Crippen LogP contribution in [-0.4, -0.2) is 5.78 Å². The highest BCUT2D eigenvalue weighted by atomic mass is 16.1. The smallest absolute Gasteiger partial charge is 0.136 e. The molecule has 3 aliphatic rings. The van der Waals surface area contributed by atoms with Gasteiger partial charge in [0, 0.05) is 23.7 Å². The fourth-order valence-corrected chi connectivity index (χ4v) is 4.69. The maximum absolute atomic E-state index is 12.4. The van der Waals surface area contributed by atoms with E-state index in [1.54, 1.807) is 6.92 Å². The summed E-state index contributed by atoms with van der Waals surface area (Å²) in [5, 5.41) is 5.95. The molecule has 2 aromatic rings. The van der Waals surface area contributed by atoms with E-state index in [0.717, 1.165) is 18.5 Å². The maximum Gasteiger partial charge on any atom is 0.136 e. The highest BCUT2D eigenvalue weighted by Crippen LogP contribution is 2.34. The molecule has 28 heavy (non-hydrogen) atoms. The highest BCUT2D eigenvalue weighted by Gasteiger charge is 2.29. The van der Waals surface area contributed by atoms with E-state index in [-0.39, 0.29) is 17.6 Å². The standard InChI is InChI=1S/C26H23NO/c1-17(28)19-15-24-22-11-10-18-7-4-5-8-20(18)21(22)12-13-23(24)25(16-19)26-9-3-2-6-14-27-26/h2-9,11-15,19,25,27H,10,16H2,1H3. The lowest BCUT2D eigenvalue weighted by molar-refractivity contribution is -0.119. The Balaban J connectivity index is 1.74. The molecule has 2 heteroatoms. The third-order valence-electron chi connectivity index (χ3n) is 6.13. The van der Waals surface area contributed by atoms with E-state index in [1.165, 1.54) is 32.7 Å². The zero-order chi connectivity index (χ0) is 19.1.